The zero-order chi connectivity index (χ0) is 21.3. The number of benzene rings is 2. The van der Waals surface area contributed by atoms with Crippen LogP contribution in [0.15, 0.2) is 64.9 Å². The van der Waals surface area contributed by atoms with Gasteiger partial charge in [0.15, 0.2) is 0 Å². The summed E-state index contributed by atoms with van der Waals surface area (Å²) < 4.78 is 33.6. The fraction of sp³-hybridized carbons (Fsp3) is 0.227. The van der Waals surface area contributed by atoms with Crippen LogP contribution in [0.1, 0.15) is 33.8 Å². The topological polar surface area (TPSA) is 75.7 Å². The number of ether oxygens (including phenoxy) is 1. The van der Waals surface area contributed by atoms with E-state index in [1.165, 1.54) is 29.7 Å². The van der Waals surface area contributed by atoms with Crippen molar-refractivity contribution in [2.45, 2.75) is 24.3 Å². The number of fused-ring (bicyclic) bond motifs is 1. The molecule has 0 saturated heterocycles. The molecule has 4 rings (SSSR count). The SMILES string of the molecule is COc1ccccc1NS(=O)(=O)c1cccc(C(=O)N2CCc3sccc3C2C)c1. The van der Waals surface area contributed by atoms with E-state index in [0.29, 0.717) is 23.5 Å². The first-order chi connectivity index (χ1) is 14.4. The Morgan fingerprint density at radius 2 is 1.97 bits per heavy atom. The minimum absolute atomic E-state index is 0.0279. The van der Waals surface area contributed by atoms with Crippen LogP contribution in [-0.2, 0) is 16.4 Å². The van der Waals surface area contributed by atoms with E-state index in [4.69, 9.17) is 4.74 Å². The van der Waals surface area contributed by atoms with E-state index in [9.17, 15) is 13.2 Å². The molecule has 1 aliphatic rings. The van der Waals surface area contributed by atoms with Gasteiger partial charge in [-0.05, 0) is 60.7 Å². The van der Waals surface area contributed by atoms with Crippen molar-refractivity contribution < 1.29 is 17.9 Å². The number of anilines is 1. The minimum atomic E-state index is -3.88. The summed E-state index contributed by atoms with van der Waals surface area (Å²) in [6.45, 7) is 2.62. The van der Waals surface area contributed by atoms with Gasteiger partial charge >= 0.3 is 0 Å². The molecule has 1 aromatic heterocycles. The lowest BCUT2D eigenvalue weighted by Gasteiger charge is -2.33. The van der Waals surface area contributed by atoms with Gasteiger partial charge in [-0.2, -0.15) is 0 Å². The predicted octanol–water partition coefficient (Wildman–Crippen LogP) is 4.32. The van der Waals surface area contributed by atoms with Gasteiger partial charge in [0.05, 0.1) is 23.7 Å². The monoisotopic (exact) mass is 442 g/mol. The van der Waals surface area contributed by atoms with E-state index in [0.717, 1.165) is 6.42 Å². The third-order valence-corrected chi connectivity index (χ3v) is 7.64. The van der Waals surface area contributed by atoms with E-state index in [2.05, 4.69) is 10.8 Å². The second kappa shape index (κ2) is 8.12. The molecule has 0 spiro atoms. The molecule has 2 aromatic carbocycles. The number of methoxy groups -OCH3 is 1. The molecule has 8 heteroatoms. The van der Waals surface area contributed by atoms with Crippen LogP contribution in [0.5, 0.6) is 5.75 Å². The van der Waals surface area contributed by atoms with Gasteiger partial charge in [0.1, 0.15) is 5.75 Å². The van der Waals surface area contributed by atoms with E-state index in [1.807, 2.05) is 12.3 Å². The molecular formula is C22H22N2O4S2. The number of sulfonamides is 1. The van der Waals surface area contributed by atoms with Gasteiger partial charge in [-0.15, -0.1) is 11.3 Å². The normalized spacial score (nSPS) is 16.1. The van der Waals surface area contributed by atoms with Gasteiger partial charge in [0.2, 0.25) is 0 Å². The number of thiophene rings is 1. The second-order valence-electron chi connectivity index (χ2n) is 7.06. The highest BCUT2D eigenvalue weighted by atomic mass is 32.2. The molecule has 0 saturated carbocycles. The van der Waals surface area contributed by atoms with Crippen molar-refractivity contribution in [1.29, 1.82) is 0 Å². The molecule has 6 nitrogen and oxygen atoms in total. The number of hydrogen-bond acceptors (Lipinski definition) is 5. The lowest BCUT2D eigenvalue weighted by molar-refractivity contribution is 0.0679. The fourth-order valence-electron chi connectivity index (χ4n) is 3.68. The van der Waals surface area contributed by atoms with Crippen molar-refractivity contribution in [3.05, 3.63) is 76.0 Å². The number of amides is 1. The lowest BCUT2D eigenvalue weighted by Crippen LogP contribution is -2.38. The van der Waals surface area contributed by atoms with Crippen molar-refractivity contribution in [3.63, 3.8) is 0 Å². The number of hydrogen-bond donors (Lipinski definition) is 1. The Bertz CT molecular complexity index is 1190. The van der Waals surface area contributed by atoms with Gasteiger partial charge in [0, 0.05) is 17.0 Å². The van der Waals surface area contributed by atoms with Crippen LogP contribution >= 0.6 is 11.3 Å². The standard InChI is InChI=1S/C22H22N2O4S2/c1-15-18-11-13-29-21(18)10-12-24(15)22(25)16-6-5-7-17(14-16)30(26,27)23-19-8-3-4-9-20(19)28-2/h3-9,11,13-15,23H,10,12H2,1-2H3. The average molecular weight is 443 g/mol. The maximum Gasteiger partial charge on any atom is 0.262 e. The molecule has 0 fully saturated rings. The number of nitrogens with one attached hydrogen (secondary N) is 1. The number of carbonyl (C=O) groups excluding carboxylic acids is 1. The predicted molar refractivity (Wildman–Crippen MR) is 118 cm³/mol. The van der Waals surface area contributed by atoms with Gasteiger partial charge in [-0.3, -0.25) is 9.52 Å². The molecular weight excluding hydrogens is 420 g/mol. The van der Waals surface area contributed by atoms with Crippen LogP contribution in [0.3, 0.4) is 0 Å². The summed E-state index contributed by atoms with van der Waals surface area (Å²) in [6.07, 6.45) is 0.816. The van der Waals surface area contributed by atoms with Crippen molar-refractivity contribution in [1.82, 2.24) is 4.90 Å². The maximum absolute atomic E-state index is 13.2. The number of rotatable bonds is 5. The quantitative estimate of drug-likeness (QED) is 0.639. The minimum Gasteiger partial charge on any atom is -0.495 e. The first-order valence-electron chi connectivity index (χ1n) is 9.54. The molecule has 2 heterocycles. The summed E-state index contributed by atoms with van der Waals surface area (Å²) in [4.78, 5) is 16.3. The Kier molecular flexibility index (Phi) is 5.53. The van der Waals surface area contributed by atoms with Gasteiger partial charge < -0.3 is 9.64 Å². The molecule has 3 aromatic rings. The third kappa shape index (κ3) is 3.80. The maximum atomic E-state index is 13.2. The van der Waals surface area contributed by atoms with E-state index >= 15 is 0 Å². The molecule has 0 aliphatic carbocycles. The molecule has 0 bridgehead atoms. The molecule has 1 unspecified atom stereocenters. The summed E-state index contributed by atoms with van der Waals surface area (Å²) in [7, 11) is -2.41. The van der Waals surface area contributed by atoms with Crippen molar-refractivity contribution in [2.75, 3.05) is 18.4 Å². The Labute approximate surface area is 180 Å². The zero-order valence-electron chi connectivity index (χ0n) is 16.7. The van der Waals surface area contributed by atoms with Crippen LogP contribution < -0.4 is 9.46 Å². The van der Waals surface area contributed by atoms with E-state index in [-0.39, 0.29) is 16.8 Å². The molecule has 156 valence electrons. The number of carbonyl (C=O) groups is 1. The first kappa shape index (κ1) is 20.4. The molecule has 0 radical (unpaired) electrons. The van der Waals surface area contributed by atoms with Crippen LogP contribution in [0, 0.1) is 0 Å². The van der Waals surface area contributed by atoms with Crippen LogP contribution in [0.4, 0.5) is 5.69 Å². The van der Waals surface area contributed by atoms with E-state index in [1.54, 1.807) is 52.6 Å². The summed E-state index contributed by atoms with van der Waals surface area (Å²) in [6, 6.07) is 14.9. The summed E-state index contributed by atoms with van der Waals surface area (Å²) >= 11 is 1.71. The molecule has 30 heavy (non-hydrogen) atoms. The number of para-hydroxylation sites is 2. The highest BCUT2D eigenvalue weighted by Crippen LogP contribution is 2.34. The first-order valence-corrected chi connectivity index (χ1v) is 11.9. The van der Waals surface area contributed by atoms with Gasteiger partial charge in [0.25, 0.3) is 15.9 Å². The number of nitrogens with zero attached hydrogens (tertiary/aromatic N) is 1. The van der Waals surface area contributed by atoms with Crippen molar-refractivity contribution in [3.8, 4) is 5.75 Å². The Morgan fingerprint density at radius 3 is 2.77 bits per heavy atom. The van der Waals surface area contributed by atoms with Crippen LogP contribution in [-0.4, -0.2) is 32.9 Å². The Morgan fingerprint density at radius 1 is 1.17 bits per heavy atom. The highest BCUT2D eigenvalue weighted by molar-refractivity contribution is 7.92. The average Bonchev–Trinajstić information content (AvgIpc) is 3.24. The molecule has 1 aliphatic heterocycles. The molecule has 1 N–H and O–H groups in total. The van der Waals surface area contributed by atoms with Gasteiger partial charge in [-0.25, -0.2) is 8.42 Å². The Hall–Kier alpha value is -2.84. The summed E-state index contributed by atoms with van der Waals surface area (Å²) in [5.41, 5.74) is 1.86. The van der Waals surface area contributed by atoms with Crippen LogP contribution in [0.2, 0.25) is 0 Å². The van der Waals surface area contributed by atoms with Gasteiger partial charge in [-0.1, -0.05) is 18.2 Å². The lowest BCUT2D eigenvalue weighted by atomic mass is 10.0. The Balaban J connectivity index is 1.60. The second-order valence-corrected chi connectivity index (χ2v) is 9.74. The van der Waals surface area contributed by atoms with Crippen molar-refractivity contribution >= 4 is 33.0 Å². The van der Waals surface area contributed by atoms with E-state index < -0.39 is 10.0 Å². The molecule has 1 amide bonds. The largest absolute Gasteiger partial charge is 0.495 e. The van der Waals surface area contributed by atoms with Crippen molar-refractivity contribution in [2.24, 2.45) is 0 Å². The van der Waals surface area contributed by atoms with Crippen LogP contribution in [0.25, 0.3) is 0 Å². The summed E-state index contributed by atoms with van der Waals surface area (Å²) in [5.74, 6) is 0.246. The third-order valence-electron chi connectivity index (χ3n) is 5.28. The molecule has 1 atom stereocenters. The zero-order valence-corrected chi connectivity index (χ0v) is 18.3. The fourth-order valence-corrected chi connectivity index (χ4v) is 5.76. The highest BCUT2D eigenvalue weighted by Gasteiger charge is 2.29. The smallest absolute Gasteiger partial charge is 0.262 e. The summed E-state index contributed by atoms with van der Waals surface area (Å²) in [5, 5.41) is 2.05.